The van der Waals surface area contributed by atoms with Gasteiger partial charge in [-0.2, -0.15) is 0 Å². The van der Waals surface area contributed by atoms with Gasteiger partial charge in [-0.15, -0.1) is 11.3 Å². The number of morpholine rings is 1. The topological polar surface area (TPSA) is 88.8 Å². The molecule has 1 aliphatic rings. The maximum Gasteiger partial charge on any atom is 0.229 e. The Labute approximate surface area is 189 Å². The number of aryl methyl sites for hydroxylation is 1. The molecule has 2 heterocycles. The van der Waals surface area contributed by atoms with Crippen molar-refractivity contribution in [2.45, 2.75) is 37.3 Å². The fraction of sp³-hybridized carbons (Fsp3) is 0.450. The molecule has 0 radical (unpaired) electrons. The van der Waals surface area contributed by atoms with E-state index in [9.17, 15) is 9.59 Å². The molecule has 30 heavy (non-hydrogen) atoms. The van der Waals surface area contributed by atoms with Crippen LogP contribution in [-0.4, -0.2) is 58.3 Å². The highest BCUT2D eigenvalue weighted by atomic mass is 35.5. The Balaban J connectivity index is 1.58. The summed E-state index contributed by atoms with van der Waals surface area (Å²) in [6, 6.07) is 6.13. The Morgan fingerprint density at radius 1 is 1.47 bits per heavy atom. The maximum absolute atomic E-state index is 12.2. The summed E-state index contributed by atoms with van der Waals surface area (Å²) in [5.41, 5.74) is 8.06. The smallest absolute Gasteiger partial charge is 0.229 e. The van der Waals surface area contributed by atoms with Crippen molar-refractivity contribution in [1.29, 1.82) is 0 Å². The molecule has 3 rings (SSSR count). The lowest BCUT2D eigenvalue weighted by Crippen LogP contribution is -2.46. The van der Waals surface area contributed by atoms with E-state index >= 15 is 0 Å². The average molecular weight is 469 g/mol. The lowest BCUT2D eigenvalue weighted by molar-refractivity contribution is -0.126. The molecule has 2 aromatic rings. The van der Waals surface area contributed by atoms with E-state index in [1.807, 2.05) is 19.1 Å². The highest BCUT2D eigenvalue weighted by Crippen LogP contribution is 2.28. The van der Waals surface area contributed by atoms with Crippen molar-refractivity contribution >= 4 is 46.7 Å². The van der Waals surface area contributed by atoms with Crippen LogP contribution in [0.2, 0.25) is 5.02 Å². The molecule has 1 aromatic heterocycles. The Kier molecular flexibility index (Phi) is 8.13. The molecule has 1 aliphatic heterocycles. The summed E-state index contributed by atoms with van der Waals surface area (Å²) in [4.78, 5) is 29.9. The van der Waals surface area contributed by atoms with Crippen LogP contribution in [0, 0.1) is 6.92 Å². The molecule has 0 bridgehead atoms. The van der Waals surface area contributed by atoms with Crippen molar-refractivity contribution in [2.75, 3.05) is 26.2 Å². The van der Waals surface area contributed by atoms with E-state index < -0.39 is 5.91 Å². The first kappa shape index (κ1) is 23.0. The molecule has 10 heteroatoms. The Morgan fingerprint density at radius 3 is 2.97 bits per heavy atom. The highest BCUT2D eigenvalue weighted by Gasteiger charge is 2.25. The number of carbonyl (C=O) groups is 2. The number of aromatic nitrogens is 1. The van der Waals surface area contributed by atoms with Gasteiger partial charge in [-0.05, 0) is 24.1 Å². The molecule has 0 aliphatic carbocycles. The molecule has 0 saturated carbocycles. The molecule has 0 unspecified atom stereocenters. The number of thiazole rings is 1. The number of benzene rings is 1. The summed E-state index contributed by atoms with van der Waals surface area (Å²) < 4.78 is 8.27. The van der Waals surface area contributed by atoms with Crippen molar-refractivity contribution in [3.8, 4) is 0 Å². The summed E-state index contributed by atoms with van der Waals surface area (Å²) in [6.07, 6.45) is 0.00189. The largest absolute Gasteiger partial charge is 0.374 e. The van der Waals surface area contributed by atoms with Crippen LogP contribution in [0.5, 0.6) is 0 Å². The third kappa shape index (κ3) is 6.68. The number of primary amides is 1. The third-order valence-electron chi connectivity index (χ3n) is 4.66. The van der Waals surface area contributed by atoms with Crippen molar-refractivity contribution in [2.24, 2.45) is 5.73 Å². The van der Waals surface area contributed by atoms with E-state index in [4.69, 9.17) is 22.1 Å². The van der Waals surface area contributed by atoms with Crippen LogP contribution in [-0.2, 0) is 27.3 Å². The van der Waals surface area contributed by atoms with E-state index in [-0.39, 0.29) is 18.4 Å². The minimum atomic E-state index is -0.425. The summed E-state index contributed by atoms with van der Waals surface area (Å²) >= 11 is 8.91. The van der Waals surface area contributed by atoms with E-state index in [1.54, 1.807) is 9.69 Å². The number of amides is 2. The monoisotopic (exact) mass is 468 g/mol. The van der Waals surface area contributed by atoms with E-state index in [2.05, 4.69) is 16.0 Å². The molecular formula is C20H25ClN4O3S2. The average Bonchev–Trinajstić information content (AvgIpc) is 3.10. The van der Waals surface area contributed by atoms with Gasteiger partial charge in [0.05, 0.1) is 31.4 Å². The van der Waals surface area contributed by atoms with Crippen LogP contribution < -0.4 is 5.73 Å². The number of halogens is 1. The van der Waals surface area contributed by atoms with Gasteiger partial charge in [-0.1, -0.05) is 23.7 Å². The Bertz CT molecular complexity index is 908. The normalized spacial score (nSPS) is 17.1. The number of rotatable bonds is 8. The van der Waals surface area contributed by atoms with E-state index in [0.29, 0.717) is 23.2 Å². The lowest BCUT2D eigenvalue weighted by atomic mass is 10.1. The van der Waals surface area contributed by atoms with Crippen LogP contribution in [0.1, 0.15) is 23.7 Å². The van der Waals surface area contributed by atoms with E-state index in [1.165, 1.54) is 30.2 Å². The Morgan fingerprint density at radius 2 is 2.27 bits per heavy atom. The van der Waals surface area contributed by atoms with Crippen LogP contribution in [0.3, 0.4) is 0 Å². The molecule has 1 fully saturated rings. The third-order valence-corrected chi connectivity index (χ3v) is 7.14. The second-order valence-electron chi connectivity index (χ2n) is 7.23. The second kappa shape index (κ2) is 10.6. The van der Waals surface area contributed by atoms with Crippen molar-refractivity contribution in [1.82, 2.24) is 14.2 Å². The lowest BCUT2D eigenvalue weighted by Gasteiger charge is -2.35. The number of ether oxygens (including phenoxy) is 1. The van der Waals surface area contributed by atoms with Crippen LogP contribution in [0.25, 0.3) is 0 Å². The summed E-state index contributed by atoms with van der Waals surface area (Å²) in [6.45, 7) is 6.93. The van der Waals surface area contributed by atoms with Gasteiger partial charge in [0.25, 0.3) is 0 Å². The van der Waals surface area contributed by atoms with Crippen molar-refractivity contribution in [3.63, 3.8) is 0 Å². The van der Waals surface area contributed by atoms with Gasteiger partial charge in [0.15, 0.2) is 4.34 Å². The highest BCUT2D eigenvalue weighted by molar-refractivity contribution is 7.99. The fourth-order valence-electron chi connectivity index (χ4n) is 3.13. The predicted molar refractivity (Wildman–Crippen MR) is 119 cm³/mol. The summed E-state index contributed by atoms with van der Waals surface area (Å²) in [7, 11) is 0. The zero-order valence-corrected chi connectivity index (χ0v) is 19.4. The zero-order valence-electron chi connectivity index (χ0n) is 17.0. The fourth-order valence-corrected chi connectivity index (χ4v) is 5.18. The molecule has 7 nitrogen and oxygen atoms in total. The van der Waals surface area contributed by atoms with Crippen molar-refractivity contribution in [3.05, 3.63) is 45.4 Å². The van der Waals surface area contributed by atoms with Gasteiger partial charge < -0.3 is 10.5 Å². The molecule has 0 spiro atoms. The molecule has 1 saturated heterocycles. The number of hydrogen-bond donors (Lipinski definition) is 1. The van der Waals surface area contributed by atoms with Gasteiger partial charge in [-0.3, -0.25) is 18.8 Å². The van der Waals surface area contributed by atoms with Gasteiger partial charge >= 0.3 is 0 Å². The van der Waals surface area contributed by atoms with Gasteiger partial charge in [-0.25, -0.2) is 4.98 Å². The quantitative estimate of drug-likeness (QED) is 0.599. The number of carbonyl (C=O) groups excluding carboxylic acids is 2. The first-order chi connectivity index (χ1) is 14.3. The minimum Gasteiger partial charge on any atom is -0.374 e. The van der Waals surface area contributed by atoms with Gasteiger partial charge in [0.1, 0.15) is 0 Å². The molecule has 1 atom stereocenters. The predicted octanol–water partition coefficient (Wildman–Crippen LogP) is 2.89. The van der Waals surface area contributed by atoms with Crippen LogP contribution in [0.4, 0.5) is 0 Å². The first-order valence-electron chi connectivity index (χ1n) is 9.58. The van der Waals surface area contributed by atoms with Crippen LogP contribution in [0.15, 0.2) is 27.9 Å². The number of hydrogen-bond acceptors (Lipinski definition) is 7. The molecular weight excluding hydrogens is 444 g/mol. The second-order valence-corrected chi connectivity index (χ2v) is 9.76. The summed E-state index contributed by atoms with van der Waals surface area (Å²) in [5.74, 6) is -0.497. The first-order valence-corrected chi connectivity index (χ1v) is 11.6. The SMILES string of the molecule is CC(=O)N(C[C@@H]1CN(Cc2ccc(C)c(Cl)c2)CCO1)Sc1nc(CC(N)=O)cs1. The maximum atomic E-state index is 12.2. The number of nitrogens with two attached hydrogens (primary N) is 1. The molecule has 2 N–H and O–H groups in total. The molecule has 1 aromatic carbocycles. The zero-order chi connectivity index (χ0) is 21.7. The molecule has 162 valence electrons. The van der Waals surface area contributed by atoms with Crippen LogP contribution >= 0.6 is 34.9 Å². The number of nitrogens with zero attached hydrogens (tertiary/aromatic N) is 3. The van der Waals surface area contributed by atoms with Crippen molar-refractivity contribution < 1.29 is 14.3 Å². The standard InChI is InChI=1S/C20H25ClN4O3S2/c1-13-3-4-15(7-18(13)21)9-24-5-6-28-17(10-24)11-25(14(2)26)30-20-23-16(12-29-20)8-19(22)27/h3-4,7,12,17H,5-6,8-11H2,1-2H3,(H2,22,27)/t17-/m0/s1. The molecule has 2 amide bonds. The van der Waals surface area contributed by atoms with Gasteiger partial charge in [0.2, 0.25) is 11.8 Å². The minimum absolute atomic E-state index is 0.0716. The Hall–Kier alpha value is -1.65. The van der Waals surface area contributed by atoms with Gasteiger partial charge in [0, 0.05) is 48.9 Å². The van der Waals surface area contributed by atoms with E-state index in [0.717, 1.165) is 35.8 Å². The summed E-state index contributed by atoms with van der Waals surface area (Å²) in [5, 5.41) is 2.56.